The highest BCUT2D eigenvalue weighted by Crippen LogP contribution is 2.18. The number of hydrogen-bond acceptors (Lipinski definition) is 23. The molecule has 0 heterocycles. The van der Waals surface area contributed by atoms with Gasteiger partial charge in [0.15, 0.2) is 5.78 Å². The largest absolute Gasteiger partial charge is 0.481 e. The van der Waals surface area contributed by atoms with Crippen molar-refractivity contribution in [1.82, 2.24) is 37.2 Å². The van der Waals surface area contributed by atoms with Crippen LogP contribution in [-0.4, -0.2) is 259 Å². The molecule has 0 spiro atoms. The molecule has 0 unspecified atom stereocenters. The summed E-state index contributed by atoms with van der Waals surface area (Å²) in [5.41, 5.74) is 0. The van der Waals surface area contributed by atoms with Crippen LogP contribution in [0, 0.1) is 5.92 Å². The molecule has 0 aromatic rings. The number of ether oxygens (including phenoxy) is 8. The number of rotatable bonds is 87. The van der Waals surface area contributed by atoms with Crippen LogP contribution in [0.2, 0.25) is 0 Å². The molecule has 4 atom stereocenters. The van der Waals surface area contributed by atoms with Gasteiger partial charge in [0.1, 0.15) is 55.9 Å². The summed E-state index contributed by atoms with van der Waals surface area (Å²) in [7, 11) is 0. The van der Waals surface area contributed by atoms with Gasteiger partial charge in [-0.1, -0.05) is 122 Å². The second-order valence-corrected chi connectivity index (χ2v) is 28.7. The van der Waals surface area contributed by atoms with Gasteiger partial charge in [0, 0.05) is 96.7 Å². The zero-order chi connectivity index (χ0) is 84.1. The van der Waals surface area contributed by atoms with Crippen LogP contribution in [-0.2, 0) is 105 Å². The Morgan fingerprint density at radius 2 is 0.632 bits per heavy atom. The lowest BCUT2D eigenvalue weighted by Crippen LogP contribution is -2.41. The molecule has 33 nitrogen and oxygen atoms in total. The second-order valence-electron chi connectivity index (χ2n) is 28.7. The van der Waals surface area contributed by atoms with Crippen molar-refractivity contribution in [3.05, 3.63) is 0 Å². The molecule has 0 radical (unpaired) electrons. The minimum Gasteiger partial charge on any atom is -0.481 e. The molecule has 6 amide bonds. The third kappa shape index (κ3) is 72.7. The van der Waals surface area contributed by atoms with Crippen molar-refractivity contribution in [1.29, 1.82) is 0 Å². The van der Waals surface area contributed by atoms with Gasteiger partial charge in [-0.15, -0.1) is 0 Å². The Morgan fingerprint density at radius 1 is 0.281 bits per heavy atom. The van der Waals surface area contributed by atoms with E-state index in [0.29, 0.717) is 96.7 Å². The average Bonchev–Trinajstić information content (AvgIpc) is 0.937. The number of ketones is 4. The molecule has 0 aromatic heterocycles. The van der Waals surface area contributed by atoms with E-state index in [4.69, 9.17) is 48.1 Å². The predicted octanol–water partition coefficient (Wildman–Crippen LogP) is 7.39. The SMILES string of the molecule is CCC[C@@H](CCCCNC(=O)COCCOCCNC(=O)COCCOCCCC(=O)CC[C@H](NC(=O)CCCCCCCCCCCCC(=O)O)C(=O)O)C(=O)CN[C@@H](CCCCNC(=O)COCCOCCCC(=O)COCCOCCNC(=O)CC[C@H](NC(=O)CCCCCCCCCCCCC(=O)O)C(=O)O)C(C)=O. The minimum atomic E-state index is -1.21. The van der Waals surface area contributed by atoms with Crippen molar-refractivity contribution >= 4 is 82.5 Å². The van der Waals surface area contributed by atoms with Crippen LogP contribution in [0.5, 0.6) is 0 Å². The number of carbonyl (C=O) groups is 14. The van der Waals surface area contributed by atoms with Crippen molar-refractivity contribution in [2.75, 3.05) is 138 Å². The number of carboxylic acid groups (broad SMARTS) is 4. The first-order valence-corrected chi connectivity index (χ1v) is 42.0. The number of carboxylic acids is 4. The zero-order valence-corrected chi connectivity index (χ0v) is 68.7. The average molecular weight is 1630 g/mol. The second kappa shape index (κ2) is 77.3. The lowest BCUT2D eigenvalue weighted by atomic mass is 9.92. The van der Waals surface area contributed by atoms with E-state index in [1.165, 1.54) is 6.92 Å². The Hall–Kier alpha value is -6.98. The summed E-state index contributed by atoms with van der Waals surface area (Å²) >= 11 is 0. The van der Waals surface area contributed by atoms with Gasteiger partial charge in [-0.25, -0.2) is 9.59 Å². The lowest BCUT2D eigenvalue weighted by Gasteiger charge is -2.19. The molecule has 0 bridgehead atoms. The van der Waals surface area contributed by atoms with Crippen LogP contribution >= 0.6 is 0 Å². The highest BCUT2D eigenvalue weighted by Gasteiger charge is 2.24. The highest BCUT2D eigenvalue weighted by molar-refractivity contribution is 5.87. The summed E-state index contributed by atoms with van der Waals surface area (Å²) in [4.78, 5) is 169. The molecule has 33 heteroatoms. The molecule has 658 valence electrons. The lowest BCUT2D eigenvalue weighted by molar-refractivity contribution is -0.142. The van der Waals surface area contributed by atoms with Gasteiger partial charge < -0.3 is 95.5 Å². The number of hydrogen-bond donors (Lipinski definition) is 11. The van der Waals surface area contributed by atoms with Crippen molar-refractivity contribution < 1.29 is 125 Å². The fraction of sp³-hybridized carbons (Fsp3) is 0.827. The van der Waals surface area contributed by atoms with E-state index in [-0.39, 0.29) is 247 Å². The first-order valence-electron chi connectivity index (χ1n) is 42.0. The Balaban J connectivity index is 3.92. The monoisotopic (exact) mass is 1630 g/mol. The van der Waals surface area contributed by atoms with Gasteiger partial charge in [-0.05, 0) is 96.8 Å². The molecule has 0 saturated carbocycles. The number of carbonyl (C=O) groups excluding carboxylic acids is 10. The molecule has 0 rings (SSSR count). The fourth-order valence-corrected chi connectivity index (χ4v) is 11.9. The van der Waals surface area contributed by atoms with Gasteiger partial charge in [-0.3, -0.25) is 57.5 Å². The van der Waals surface area contributed by atoms with Crippen molar-refractivity contribution in [2.45, 2.75) is 289 Å². The summed E-state index contributed by atoms with van der Waals surface area (Å²) in [5.74, 6) is -6.39. The van der Waals surface area contributed by atoms with Gasteiger partial charge in [0.05, 0.1) is 78.7 Å². The quantitative estimate of drug-likeness (QED) is 0.0264. The van der Waals surface area contributed by atoms with Crippen LogP contribution < -0.4 is 37.2 Å². The first kappa shape index (κ1) is 107. The van der Waals surface area contributed by atoms with Crippen LogP contribution in [0.4, 0.5) is 0 Å². The van der Waals surface area contributed by atoms with Gasteiger partial charge in [0.25, 0.3) is 0 Å². The smallest absolute Gasteiger partial charge is 0.326 e. The van der Waals surface area contributed by atoms with Crippen LogP contribution in [0.15, 0.2) is 0 Å². The van der Waals surface area contributed by atoms with Crippen molar-refractivity contribution in [2.24, 2.45) is 5.92 Å². The van der Waals surface area contributed by atoms with Crippen LogP contribution in [0.3, 0.4) is 0 Å². The van der Waals surface area contributed by atoms with E-state index in [1.807, 2.05) is 6.92 Å². The topological polar surface area (TPSA) is 478 Å². The fourth-order valence-electron chi connectivity index (χ4n) is 11.9. The third-order valence-corrected chi connectivity index (χ3v) is 18.5. The molecular formula is C81H143N7O26. The van der Waals surface area contributed by atoms with E-state index < -0.39 is 42.0 Å². The molecule has 0 aliphatic carbocycles. The maximum Gasteiger partial charge on any atom is 0.326 e. The van der Waals surface area contributed by atoms with Crippen molar-refractivity contribution in [3.63, 3.8) is 0 Å². The number of Topliss-reactive ketones (excluding diaryl/α,β-unsaturated/α-hetero) is 4. The number of amides is 6. The van der Waals surface area contributed by atoms with E-state index in [1.54, 1.807) is 0 Å². The third-order valence-electron chi connectivity index (χ3n) is 18.5. The maximum atomic E-state index is 13.3. The Kier molecular flexibility index (Phi) is 72.5. The van der Waals surface area contributed by atoms with Gasteiger partial charge in [0.2, 0.25) is 35.4 Å². The zero-order valence-electron chi connectivity index (χ0n) is 68.7. The molecule has 0 aliphatic heterocycles. The van der Waals surface area contributed by atoms with E-state index >= 15 is 0 Å². The van der Waals surface area contributed by atoms with Crippen LogP contribution in [0.1, 0.15) is 271 Å². The highest BCUT2D eigenvalue weighted by atomic mass is 16.5. The number of aliphatic carboxylic acids is 4. The van der Waals surface area contributed by atoms with E-state index in [9.17, 15) is 77.3 Å². The van der Waals surface area contributed by atoms with E-state index in [0.717, 1.165) is 116 Å². The summed E-state index contributed by atoms with van der Waals surface area (Å²) in [6.07, 6.45) is 26.4. The molecule has 0 aliphatic rings. The molecule has 114 heavy (non-hydrogen) atoms. The summed E-state index contributed by atoms with van der Waals surface area (Å²) < 4.78 is 43.4. The standard InChI is InChI=1S/C81H143N7O26/c1-3-30-65(31-24-26-43-82-75(96)62-114-58-54-110-50-46-85-77(98)63-113-57-51-107-47-28-32-66(90)39-40-69(80(103)104)87-73(94)35-20-16-12-8-4-6-10-14-18-22-37-78(99)100)71(92)59-86-68(64(2)89)34-25-27-44-83-76(97)61-112-56-52-108-48-29-33-67(91)60-111-55-53-109-49-45-84-72(93)42-41-70(81(105)106)88-74(95)36-21-17-13-9-5-7-11-15-19-23-38-79(101)102/h65,68-70,86H,3-63H2,1-2H3,(H,82,96)(H,83,97)(H,84,93)(H,85,98)(H,87,94)(H,88,95)(H,99,100)(H,101,102)(H,103,104)(H,105,106)/t65-,68-,69-,70-/m0/s1. The van der Waals surface area contributed by atoms with Gasteiger partial charge >= 0.3 is 23.9 Å². The van der Waals surface area contributed by atoms with E-state index in [2.05, 4.69) is 37.2 Å². The maximum absolute atomic E-state index is 13.3. The Morgan fingerprint density at radius 3 is 1.04 bits per heavy atom. The normalized spacial score (nSPS) is 12.3. The first-order chi connectivity index (χ1) is 55.0. The Bertz CT molecular complexity index is 2620. The molecular weight excluding hydrogens is 1490 g/mol. The van der Waals surface area contributed by atoms with Gasteiger partial charge in [-0.2, -0.15) is 0 Å². The molecule has 0 aromatic carbocycles. The molecule has 0 fully saturated rings. The predicted molar refractivity (Wildman–Crippen MR) is 424 cm³/mol. The molecule has 11 N–H and O–H groups in total. The minimum absolute atomic E-state index is 0.00167. The molecule has 0 saturated heterocycles. The van der Waals surface area contributed by atoms with Crippen molar-refractivity contribution in [3.8, 4) is 0 Å². The Labute approximate surface area is 675 Å². The van der Waals surface area contributed by atoms with Crippen LogP contribution in [0.25, 0.3) is 0 Å². The number of nitrogens with one attached hydrogen (secondary N) is 7. The summed E-state index contributed by atoms with van der Waals surface area (Å²) in [5, 5.41) is 55.7. The summed E-state index contributed by atoms with van der Waals surface area (Å²) in [6.45, 7) is 6.69. The summed E-state index contributed by atoms with van der Waals surface area (Å²) in [6, 6.07) is -2.82. The number of unbranched alkanes of at least 4 members (excludes halogenated alkanes) is 20.